The number of hydrogen-bond donors (Lipinski definition) is 0. The molecule has 194 valence electrons. The van der Waals surface area contributed by atoms with E-state index in [1.54, 1.807) is 9.47 Å². The van der Waals surface area contributed by atoms with Crippen LogP contribution in [0.25, 0.3) is 6.08 Å². The molecule has 1 aromatic carbocycles. The van der Waals surface area contributed by atoms with Gasteiger partial charge in [-0.3, -0.25) is 19.1 Å². The molecule has 0 N–H and O–H groups in total. The number of anilines is 2. The highest BCUT2D eigenvalue weighted by molar-refractivity contribution is 8.26. The first-order chi connectivity index (χ1) is 17.9. The minimum absolute atomic E-state index is 0.110. The smallest absolute Gasteiger partial charge is 0.270 e. The van der Waals surface area contributed by atoms with Crippen LogP contribution in [0, 0.1) is 18.3 Å². The summed E-state index contributed by atoms with van der Waals surface area (Å²) in [6.07, 6.45) is 4.42. The monoisotopic (exact) mass is 535 g/mol. The van der Waals surface area contributed by atoms with E-state index in [1.165, 1.54) is 17.4 Å². The van der Waals surface area contributed by atoms with Gasteiger partial charge in [0.25, 0.3) is 11.5 Å². The van der Waals surface area contributed by atoms with Crippen LogP contribution < -0.4 is 15.4 Å². The van der Waals surface area contributed by atoms with E-state index in [0.717, 1.165) is 56.8 Å². The molecule has 3 heterocycles. The maximum atomic E-state index is 13.5. The van der Waals surface area contributed by atoms with E-state index in [1.807, 2.05) is 38.1 Å². The van der Waals surface area contributed by atoms with Gasteiger partial charge in [-0.2, -0.15) is 5.26 Å². The molecule has 4 rings (SSSR count). The number of piperazine rings is 1. The van der Waals surface area contributed by atoms with Gasteiger partial charge in [0.05, 0.1) is 4.91 Å². The molecule has 9 heteroatoms. The predicted molar refractivity (Wildman–Crippen MR) is 156 cm³/mol. The lowest BCUT2D eigenvalue weighted by Crippen LogP contribution is -2.48. The molecule has 1 amide bonds. The molecular formula is C28H33N5O2S2. The molecule has 0 spiro atoms. The molecule has 2 aromatic rings. The highest BCUT2D eigenvalue weighted by Gasteiger charge is 2.33. The molecule has 2 aliphatic heterocycles. The average Bonchev–Trinajstić information content (AvgIpc) is 3.18. The van der Waals surface area contributed by atoms with Gasteiger partial charge in [0.15, 0.2) is 0 Å². The maximum Gasteiger partial charge on any atom is 0.270 e. The number of carbonyl (C=O) groups excluding carboxylic acids is 1. The van der Waals surface area contributed by atoms with Gasteiger partial charge in [0.2, 0.25) is 0 Å². The van der Waals surface area contributed by atoms with Gasteiger partial charge >= 0.3 is 0 Å². The molecule has 0 bridgehead atoms. The summed E-state index contributed by atoms with van der Waals surface area (Å²) in [6, 6.07) is 12.5. The molecule has 0 unspecified atom stereocenters. The summed E-state index contributed by atoms with van der Waals surface area (Å²) in [5, 5.41) is 9.90. The van der Waals surface area contributed by atoms with Gasteiger partial charge in [-0.05, 0) is 43.5 Å². The van der Waals surface area contributed by atoms with Crippen LogP contribution in [0.5, 0.6) is 0 Å². The van der Waals surface area contributed by atoms with Crippen LogP contribution in [0.4, 0.5) is 11.5 Å². The Bertz CT molecular complexity index is 1300. The number of aromatic nitrogens is 1. The Morgan fingerprint density at radius 3 is 2.32 bits per heavy atom. The van der Waals surface area contributed by atoms with Gasteiger partial charge in [-0.15, -0.1) is 0 Å². The summed E-state index contributed by atoms with van der Waals surface area (Å²) in [6.45, 7) is 10.1. The number of para-hydroxylation sites is 1. The summed E-state index contributed by atoms with van der Waals surface area (Å²) >= 11 is 6.77. The summed E-state index contributed by atoms with van der Waals surface area (Å²) < 4.78 is 2.31. The zero-order valence-electron chi connectivity index (χ0n) is 21.7. The second kappa shape index (κ2) is 12.0. The molecule has 37 heavy (non-hydrogen) atoms. The predicted octanol–water partition coefficient (Wildman–Crippen LogP) is 4.77. The number of hydrogen-bond acceptors (Lipinski definition) is 7. The number of benzene rings is 1. The lowest BCUT2D eigenvalue weighted by molar-refractivity contribution is -0.122. The third kappa shape index (κ3) is 5.46. The van der Waals surface area contributed by atoms with E-state index >= 15 is 0 Å². The number of amides is 1. The summed E-state index contributed by atoms with van der Waals surface area (Å²) in [4.78, 5) is 33.4. The molecule has 2 aliphatic rings. The Hall–Kier alpha value is -3.09. The molecule has 1 aromatic heterocycles. The number of nitrogens with zero attached hydrogens (tertiary/aromatic N) is 5. The Morgan fingerprint density at radius 1 is 1.03 bits per heavy atom. The minimum atomic E-state index is -0.260. The first kappa shape index (κ1) is 27.0. The number of rotatable bonds is 8. The van der Waals surface area contributed by atoms with E-state index in [0.29, 0.717) is 27.9 Å². The van der Waals surface area contributed by atoms with E-state index in [2.05, 4.69) is 34.9 Å². The Labute approximate surface area is 228 Å². The number of thiocarbonyl (C=S) groups is 1. The standard InChI is InChI=1S/C28H33N5O2S2/c1-4-6-13-32-25(31-16-14-30(15-17-31)21-10-8-7-9-11-21)22(20(3)23(19-29)26(32)34)18-24-27(35)33(12-5-2)28(36)37-24/h7-11,18H,4-6,12-17H2,1-3H3/b24-18+. The van der Waals surface area contributed by atoms with Crippen molar-refractivity contribution in [3.63, 3.8) is 0 Å². The van der Waals surface area contributed by atoms with Crippen molar-refractivity contribution in [3.8, 4) is 6.07 Å². The largest absolute Gasteiger partial charge is 0.368 e. The van der Waals surface area contributed by atoms with Crippen molar-refractivity contribution in [2.45, 2.75) is 46.6 Å². The number of nitriles is 1. The summed E-state index contributed by atoms with van der Waals surface area (Å²) in [5.74, 6) is 0.685. The van der Waals surface area contributed by atoms with E-state index < -0.39 is 0 Å². The van der Waals surface area contributed by atoms with Crippen molar-refractivity contribution in [2.24, 2.45) is 0 Å². The highest BCUT2D eigenvalue weighted by atomic mass is 32.2. The van der Waals surface area contributed by atoms with Crippen LogP contribution in [-0.4, -0.2) is 52.4 Å². The molecule has 0 aliphatic carbocycles. The average molecular weight is 536 g/mol. The lowest BCUT2D eigenvalue weighted by Gasteiger charge is -2.39. The van der Waals surface area contributed by atoms with Crippen LogP contribution in [0.2, 0.25) is 0 Å². The van der Waals surface area contributed by atoms with Gasteiger partial charge in [0, 0.05) is 50.5 Å². The van der Waals surface area contributed by atoms with Gasteiger partial charge in [0.1, 0.15) is 21.8 Å². The fourth-order valence-electron chi connectivity index (χ4n) is 4.87. The van der Waals surface area contributed by atoms with Crippen LogP contribution >= 0.6 is 24.0 Å². The molecule has 0 saturated carbocycles. The normalized spacial score (nSPS) is 17.1. The van der Waals surface area contributed by atoms with Crippen LogP contribution in [0.15, 0.2) is 40.0 Å². The van der Waals surface area contributed by atoms with Crippen molar-refractivity contribution in [3.05, 3.63) is 62.3 Å². The lowest BCUT2D eigenvalue weighted by atomic mass is 10.0. The first-order valence-electron chi connectivity index (χ1n) is 12.9. The highest BCUT2D eigenvalue weighted by Crippen LogP contribution is 2.36. The Kier molecular flexibility index (Phi) is 8.72. The molecule has 2 saturated heterocycles. The molecule has 7 nitrogen and oxygen atoms in total. The van der Waals surface area contributed by atoms with Crippen molar-refractivity contribution in [1.29, 1.82) is 5.26 Å². The second-order valence-corrected chi connectivity index (χ2v) is 11.0. The van der Waals surface area contributed by atoms with Gasteiger partial charge in [-0.25, -0.2) is 0 Å². The van der Waals surface area contributed by atoms with Crippen molar-refractivity contribution >= 4 is 51.8 Å². The fraction of sp³-hybridized carbons (Fsp3) is 0.429. The van der Waals surface area contributed by atoms with Gasteiger partial charge < -0.3 is 9.80 Å². The third-order valence-corrected chi connectivity index (χ3v) is 8.26. The zero-order chi connectivity index (χ0) is 26.5. The van der Waals surface area contributed by atoms with Crippen LogP contribution in [0.3, 0.4) is 0 Å². The van der Waals surface area contributed by atoms with Crippen molar-refractivity contribution in [2.75, 3.05) is 42.5 Å². The van der Waals surface area contributed by atoms with Gasteiger partial charge in [-0.1, -0.05) is 62.4 Å². The quantitative estimate of drug-likeness (QED) is 0.356. The van der Waals surface area contributed by atoms with E-state index in [-0.39, 0.29) is 17.0 Å². The Balaban J connectivity index is 1.80. The molecular weight excluding hydrogens is 502 g/mol. The molecule has 0 radical (unpaired) electrons. The number of unbranched alkanes of at least 4 members (excludes halogenated alkanes) is 1. The maximum absolute atomic E-state index is 13.5. The topological polar surface area (TPSA) is 72.6 Å². The van der Waals surface area contributed by atoms with Crippen LogP contribution in [-0.2, 0) is 11.3 Å². The first-order valence-corrected chi connectivity index (χ1v) is 14.1. The fourth-order valence-corrected chi connectivity index (χ4v) is 6.16. The zero-order valence-corrected chi connectivity index (χ0v) is 23.3. The number of pyridine rings is 1. The number of carbonyl (C=O) groups is 1. The van der Waals surface area contributed by atoms with E-state index in [9.17, 15) is 14.9 Å². The minimum Gasteiger partial charge on any atom is -0.368 e. The van der Waals surface area contributed by atoms with Crippen molar-refractivity contribution < 1.29 is 4.79 Å². The Morgan fingerprint density at radius 2 is 1.70 bits per heavy atom. The SMILES string of the molecule is CCCCn1c(N2CCN(c3ccccc3)CC2)c(/C=C2/SC(=S)N(CCC)C2=O)c(C)c(C#N)c1=O. The molecule has 2 fully saturated rings. The number of thioether (sulfide) groups is 1. The van der Waals surface area contributed by atoms with Crippen LogP contribution in [0.1, 0.15) is 49.8 Å². The summed E-state index contributed by atoms with van der Waals surface area (Å²) in [5.41, 5.74) is 2.43. The molecule has 0 atom stereocenters. The third-order valence-electron chi connectivity index (χ3n) is 6.88. The summed E-state index contributed by atoms with van der Waals surface area (Å²) in [7, 11) is 0. The van der Waals surface area contributed by atoms with Crippen molar-refractivity contribution in [1.82, 2.24) is 9.47 Å². The second-order valence-electron chi connectivity index (χ2n) is 9.30. The van der Waals surface area contributed by atoms with E-state index in [4.69, 9.17) is 12.2 Å².